The second-order valence-corrected chi connectivity index (χ2v) is 6.67. The Kier molecular flexibility index (Phi) is 6.32. The predicted octanol–water partition coefficient (Wildman–Crippen LogP) is 3.33. The monoisotopic (exact) mass is 278 g/mol. The predicted molar refractivity (Wildman–Crippen MR) is 81.2 cm³/mol. The molecule has 0 aromatic carbocycles. The largest absolute Gasteiger partial charge is 0.396 e. The number of aliphatic hydroxyl groups is 1. The molecule has 1 saturated heterocycles. The standard InChI is InChI=1S/C17H30N2O/c1-2-5-14-7-8-15(13-18)17(12-14)19-10-4-3-6-16(19)9-11-20/h14-17,20H,2-12H2,1H3. The molecule has 0 aromatic rings. The molecule has 1 N–H and O–H groups in total. The Morgan fingerprint density at radius 3 is 2.75 bits per heavy atom. The first kappa shape index (κ1) is 15.8. The van der Waals surface area contributed by atoms with E-state index in [1.165, 1.54) is 44.9 Å². The minimum atomic E-state index is 0.211. The van der Waals surface area contributed by atoms with Gasteiger partial charge in [0.1, 0.15) is 0 Å². The van der Waals surface area contributed by atoms with Gasteiger partial charge in [0, 0.05) is 18.7 Å². The topological polar surface area (TPSA) is 47.3 Å². The van der Waals surface area contributed by atoms with E-state index in [4.69, 9.17) is 0 Å². The van der Waals surface area contributed by atoms with Crippen LogP contribution in [0, 0.1) is 23.2 Å². The molecule has 4 atom stereocenters. The molecular formula is C17H30N2O. The zero-order valence-electron chi connectivity index (χ0n) is 12.9. The second kappa shape index (κ2) is 8.00. The summed E-state index contributed by atoms with van der Waals surface area (Å²) in [5.41, 5.74) is 0. The van der Waals surface area contributed by atoms with E-state index in [1.54, 1.807) is 0 Å². The van der Waals surface area contributed by atoms with Crippen molar-refractivity contribution in [3.63, 3.8) is 0 Å². The third-order valence-corrected chi connectivity index (χ3v) is 5.35. The third-order valence-electron chi connectivity index (χ3n) is 5.35. The third kappa shape index (κ3) is 3.74. The van der Waals surface area contributed by atoms with Gasteiger partial charge in [0.15, 0.2) is 0 Å². The summed E-state index contributed by atoms with van der Waals surface area (Å²) in [6, 6.07) is 3.53. The Labute approximate surface area is 124 Å². The molecule has 1 heterocycles. The first-order valence-corrected chi connectivity index (χ1v) is 8.56. The Morgan fingerprint density at radius 2 is 2.05 bits per heavy atom. The molecule has 1 aliphatic carbocycles. The Hall–Kier alpha value is -0.590. The minimum Gasteiger partial charge on any atom is -0.396 e. The molecule has 2 rings (SSSR count). The fourth-order valence-electron chi connectivity index (χ4n) is 4.34. The van der Waals surface area contributed by atoms with Crippen LogP contribution in [0.2, 0.25) is 0 Å². The van der Waals surface area contributed by atoms with Crippen molar-refractivity contribution in [1.29, 1.82) is 5.26 Å². The van der Waals surface area contributed by atoms with Gasteiger partial charge in [-0.2, -0.15) is 5.26 Å². The quantitative estimate of drug-likeness (QED) is 0.839. The van der Waals surface area contributed by atoms with Crippen molar-refractivity contribution < 1.29 is 5.11 Å². The first-order chi connectivity index (χ1) is 9.80. The van der Waals surface area contributed by atoms with E-state index in [-0.39, 0.29) is 12.5 Å². The van der Waals surface area contributed by atoms with Crippen LogP contribution in [0.25, 0.3) is 0 Å². The maximum Gasteiger partial charge on any atom is 0.0672 e. The summed E-state index contributed by atoms with van der Waals surface area (Å²) in [6.45, 7) is 3.68. The lowest BCUT2D eigenvalue weighted by Gasteiger charge is -2.46. The molecule has 0 spiro atoms. The SMILES string of the molecule is CCCC1CCC(C#N)C(N2CCCCC2CCO)C1. The summed E-state index contributed by atoms with van der Waals surface area (Å²) >= 11 is 0. The van der Waals surface area contributed by atoms with Gasteiger partial charge in [-0.05, 0) is 51.0 Å². The number of nitriles is 1. The molecule has 0 bridgehead atoms. The maximum absolute atomic E-state index is 9.50. The molecule has 1 saturated carbocycles. The lowest BCUT2D eigenvalue weighted by Crippen LogP contribution is -2.51. The average Bonchev–Trinajstić information content (AvgIpc) is 2.48. The van der Waals surface area contributed by atoms with Crippen LogP contribution in [0.5, 0.6) is 0 Å². The summed E-state index contributed by atoms with van der Waals surface area (Å²) in [5, 5.41) is 18.8. The number of rotatable bonds is 5. The molecular weight excluding hydrogens is 248 g/mol. The van der Waals surface area contributed by atoms with Crippen LogP contribution in [-0.4, -0.2) is 35.2 Å². The van der Waals surface area contributed by atoms with E-state index in [0.717, 1.165) is 25.3 Å². The van der Waals surface area contributed by atoms with Crippen molar-refractivity contribution in [1.82, 2.24) is 4.90 Å². The van der Waals surface area contributed by atoms with Crippen molar-refractivity contribution in [2.75, 3.05) is 13.2 Å². The molecule has 3 nitrogen and oxygen atoms in total. The maximum atomic E-state index is 9.50. The molecule has 0 aromatic heterocycles. The van der Waals surface area contributed by atoms with E-state index in [9.17, 15) is 10.4 Å². The Morgan fingerprint density at radius 1 is 1.20 bits per heavy atom. The molecule has 20 heavy (non-hydrogen) atoms. The Bertz CT molecular complexity index is 323. The Balaban J connectivity index is 2.06. The zero-order chi connectivity index (χ0) is 14.4. The van der Waals surface area contributed by atoms with Crippen LogP contribution in [0.15, 0.2) is 0 Å². The van der Waals surface area contributed by atoms with Crippen molar-refractivity contribution in [3.8, 4) is 6.07 Å². The van der Waals surface area contributed by atoms with Gasteiger partial charge in [-0.15, -0.1) is 0 Å². The van der Waals surface area contributed by atoms with Crippen molar-refractivity contribution in [3.05, 3.63) is 0 Å². The van der Waals surface area contributed by atoms with Crippen LogP contribution in [0.1, 0.15) is 64.7 Å². The van der Waals surface area contributed by atoms with Crippen molar-refractivity contribution >= 4 is 0 Å². The zero-order valence-corrected chi connectivity index (χ0v) is 12.9. The highest BCUT2D eigenvalue weighted by Gasteiger charge is 2.37. The second-order valence-electron chi connectivity index (χ2n) is 6.67. The van der Waals surface area contributed by atoms with E-state index in [2.05, 4.69) is 17.9 Å². The van der Waals surface area contributed by atoms with Crippen LogP contribution >= 0.6 is 0 Å². The van der Waals surface area contributed by atoms with Gasteiger partial charge in [-0.3, -0.25) is 4.90 Å². The summed E-state index contributed by atoms with van der Waals surface area (Å²) in [5.74, 6) is 1.02. The molecule has 114 valence electrons. The summed E-state index contributed by atoms with van der Waals surface area (Å²) in [4.78, 5) is 2.59. The van der Waals surface area contributed by atoms with Gasteiger partial charge in [-0.25, -0.2) is 0 Å². The fourth-order valence-corrected chi connectivity index (χ4v) is 4.34. The average molecular weight is 278 g/mol. The van der Waals surface area contributed by atoms with Gasteiger partial charge in [0.25, 0.3) is 0 Å². The molecule has 4 unspecified atom stereocenters. The normalized spacial score (nSPS) is 35.6. The first-order valence-electron chi connectivity index (χ1n) is 8.56. The number of hydrogen-bond acceptors (Lipinski definition) is 3. The van der Waals surface area contributed by atoms with Gasteiger partial charge in [0.2, 0.25) is 0 Å². The molecule has 2 aliphatic rings. The van der Waals surface area contributed by atoms with Gasteiger partial charge >= 0.3 is 0 Å². The van der Waals surface area contributed by atoms with Crippen molar-refractivity contribution in [2.45, 2.75) is 76.8 Å². The van der Waals surface area contributed by atoms with Gasteiger partial charge in [0.05, 0.1) is 12.0 Å². The molecule has 2 fully saturated rings. The van der Waals surface area contributed by atoms with E-state index >= 15 is 0 Å². The minimum absolute atomic E-state index is 0.211. The fraction of sp³-hybridized carbons (Fsp3) is 0.941. The van der Waals surface area contributed by atoms with Crippen molar-refractivity contribution in [2.24, 2.45) is 11.8 Å². The lowest BCUT2D eigenvalue weighted by molar-refractivity contribution is 0.0268. The van der Waals surface area contributed by atoms with Crippen LogP contribution in [-0.2, 0) is 0 Å². The van der Waals surface area contributed by atoms with E-state index < -0.39 is 0 Å². The molecule has 0 radical (unpaired) electrons. The number of hydrogen-bond donors (Lipinski definition) is 1. The van der Waals surface area contributed by atoms with Crippen LogP contribution < -0.4 is 0 Å². The van der Waals surface area contributed by atoms with E-state index in [1.807, 2.05) is 0 Å². The number of piperidine rings is 1. The molecule has 1 aliphatic heterocycles. The number of nitrogens with zero attached hydrogens (tertiary/aromatic N) is 2. The van der Waals surface area contributed by atoms with Gasteiger partial charge in [-0.1, -0.05) is 26.2 Å². The van der Waals surface area contributed by atoms with Gasteiger partial charge < -0.3 is 5.11 Å². The summed E-state index contributed by atoms with van der Waals surface area (Å²) in [6.07, 6.45) is 10.7. The number of likely N-dealkylation sites (tertiary alicyclic amines) is 1. The molecule has 0 amide bonds. The summed E-state index contributed by atoms with van der Waals surface area (Å²) in [7, 11) is 0. The van der Waals surface area contributed by atoms with Crippen LogP contribution in [0.4, 0.5) is 0 Å². The number of aliphatic hydroxyl groups excluding tert-OH is 1. The van der Waals surface area contributed by atoms with E-state index in [0.29, 0.717) is 12.1 Å². The summed E-state index contributed by atoms with van der Waals surface area (Å²) < 4.78 is 0. The highest BCUT2D eigenvalue weighted by Crippen LogP contribution is 2.37. The highest BCUT2D eigenvalue weighted by molar-refractivity contribution is 4.99. The smallest absolute Gasteiger partial charge is 0.0672 e. The molecule has 3 heteroatoms. The lowest BCUT2D eigenvalue weighted by atomic mass is 9.75. The highest BCUT2D eigenvalue weighted by atomic mass is 16.3. The van der Waals surface area contributed by atoms with Crippen LogP contribution in [0.3, 0.4) is 0 Å².